The molecule has 2 N–H and O–H groups in total. The van der Waals surface area contributed by atoms with Gasteiger partial charge in [-0.2, -0.15) is 0 Å². The largest absolute Gasteiger partial charge is 0.394 e. The number of hydrogen-bond donors (Lipinski definition) is 2. The first kappa shape index (κ1) is 15.8. The summed E-state index contributed by atoms with van der Waals surface area (Å²) in [7, 11) is 1.91. The fourth-order valence-corrected chi connectivity index (χ4v) is 2.68. The minimum atomic E-state index is -0.131. The molecule has 0 amide bonds. The van der Waals surface area contributed by atoms with E-state index in [1.165, 1.54) is 0 Å². The zero-order chi connectivity index (χ0) is 13.4. The molecule has 18 heavy (non-hydrogen) atoms. The highest BCUT2D eigenvalue weighted by atomic mass is 35.5. The molecule has 0 aromatic carbocycles. The van der Waals surface area contributed by atoms with E-state index in [0.29, 0.717) is 5.02 Å². The van der Waals surface area contributed by atoms with Crippen LogP contribution in [0.25, 0.3) is 0 Å². The quantitative estimate of drug-likeness (QED) is 0.570. The molecule has 1 aromatic rings. The van der Waals surface area contributed by atoms with Gasteiger partial charge in [-0.1, -0.05) is 18.5 Å². The van der Waals surface area contributed by atoms with Crippen molar-refractivity contribution in [2.45, 2.75) is 36.8 Å². The summed E-state index contributed by atoms with van der Waals surface area (Å²) >= 11 is 7.50. The second-order valence-corrected chi connectivity index (χ2v) is 5.86. The Morgan fingerprint density at radius 3 is 2.78 bits per heavy atom. The van der Waals surface area contributed by atoms with Gasteiger partial charge in [0.2, 0.25) is 0 Å². The van der Waals surface area contributed by atoms with Gasteiger partial charge in [-0.3, -0.25) is 0 Å². The Morgan fingerprint density at radius 1 is 1.50 bits per heavy atom. The molecule has 0 radical (unpaired) electrons. The molecule has 1 aromatic heterocycles. The summed E-state index contributed by atoms with van der Waals surface area (Å²) in [4.78, 5) is 4.24. The number of aromatic nitrogens is 1. The minimum absolute atomic E-state index is 0.131. The Morgan fingerprint density at radius 2 is 2.28 bits per heavy atom. The zero-order valence-corrected chi connectivity index (χ0v) is 12.5. The van der Waals surface area contributed by atoms with Crippen molar-refractivity contribution in [3.63, 3.8) is 0 Å². The first-order valence-electron chi connectivity index (χ1n) is 6.20. The van der Waals surface area contributed by atoms with Gasteiger partial charge in [-0.25, -0.2) is 4.98 Å². The lowest BCUT2D eigenvalue weighted by Crippen LogP contribution is -2.45. The maximum Gasteiger partial charge on any atom is 0.0960 e. The number of thioether (sulfide) groups is 1. The maximum absolute atomic E-state index is 9.43. The molecule has 0 bridgehead atoms. The first-order chi connectivity index (χ1) is 8.65. The lowest BCUT2D eigenvalue weighted by Gasteiger charge is -2.30. The van der Waals surface area contributed by atoms with E-state index in [1.54, 1.807) is 18.0 Å². The third-order valence-electron chi connectivity index (χ3n) is 3.26. The molecule has 0 fully saturated rings. The number of rotatable bonds is 8. The average Bonchev–Trinajstić information content (AvgIpc) is 2.42. The van der Waals surface area contributed by atoms with Gasteiger partial charge in [0.25, 0.3) is 0 Å². The van der Waals surface area contributed by atoms with Crippen molar-refractivity contribution >= 4 is 23.4 Å². The van der Waals surface area contributed by atoms with Crippen LogP contribution in [0.2, 0.25) is 5.02 Å². The molecule has 0 saturated carbocycles. The van der Waals surface area contributed by atoms with Crippen LogP contribution in [0.4, 0.5) is 0 Å². The summed E-state index contributed by atoms with van der Waals surface area (Å²) in [6, 6.07) is 3.79. The highest BCUT2D eigenvalue weighted by molar-refractivity contribution is 7.99. The van der Waals surface area contributed by atoms with E-state index in [9.17, 15) is 5.11 Å². The van der Waals surface area contributed by atoms with Gasteiger partial charge in [0, 0.05) is 11.7 Å². The predicted molar refractivity (Wildman–Crippen MR) is 78.4 cm³/mol. The van der Waals surface area contributed by atoms with E-state index in [0.717, 1.165) is 30.0 Å². The van der Waals surface area contributed by atoms with Crippen molar-refractivity contribution in [1.82, 2.24) is 10.3 Å². The van der Waals surface area contributed by atoms with E-state index >= 15 is 0 Å². The van der Waals surface area contributed by atoms with E-state index in [1.807, 2.05) is 19.2 Å². The Labute approximate surface area is 118 Å². The van der Waals surface area contributed by atoms with Gasteiger partial charge in [0.15, 0.2) is 0 Å². The molecule has 1 atom stereocenters. The topological polar surface area (TPSA) is 45.2 Å². The van der Waals surface area contributed by atoms with Crippen LogP contribution in [0.1, 0.15) is 26.2 Å². The summed E-state index contributed by atoms with van der Waals surface area (Å²) < 4.78 is 0. The molecule has 5 heteroatoms. The van der Waals surface area contributed by atoms with Crippen molar-refractivity contribution in [3.05, 3.63) is 23.4 Å². The van der Waals surface area contributed by atoms with Crippen molar-refractivity contribution < 1.29 is 5.11 Å². The Hall–Kier alpha value is -0.290. The van der Waals surface area contributed by atoms with Crippen LogP contribution in [0, 0.1) is 0 Å². The van der Waals surface area contributed by atoms with Crippen LogP contribution in [-0.4, -0.2) is 35.0 Å². The molecule has 0 aliphatic rings. The van der Waals surface area contributed by atoms with Crippen molar-refractivity contribution in [2.24, 2.45) is 0 Å². The molecular weight excluding hydrogens is 268 g/mol. The molecule has 0 aliphatic heterocycles. The van der Waals surface area contributed by atoms with Gasteiger partial charge in [0.05, 0.1) is 16.7 Å². The molecule has 102 valence electrons. The van der Waals surface area contributed by atoms with Crippen molar-refractivity contribution in [1.29, 1.82) is 0 Å². The number of aliphatic hydroxyl groups excluding tert-OH is 1. The van der Waals surface area contributed by atoms with Crippen LogP contribution in [0.15, 0.2) is 23.4 Å². The molecule has 1 unspecified atom stereocenters. The molecule has 1 heterocycles. The monoisotopic (exact) mass is 288 g/mol. The normalized spacial score (nSPS) is 14.4. The molecule has 0 saturated heterocycles. The Bertz CT molecular complexity index is 333. The number of hydrogen-bond acceptors (Lipinski definition) is 4. The van der Waals surface area contributed by atoms with Gasteiger partial charge in [0.1, 0.15) is 0 Å². The summed E-state index contributed by atoms with van der Waals surface area (Å²) in [6.45, 7) is 2.28. The molecule has 0 spiro atoms. The standard InChI is InChI=1S/C13H21ClN2OS/c1-3-13(10-17,15-2)7-4-8-18-12-6-5-11(14)9-16-12/h5-6,9,15,17H,3-4,7-8,10H2,1-2H3. The number of halogens is 1. The van der Waals surface area contributed by atoms with Crippen LogP contribution < -0.4 is 5.32 Å². The van der Waals surface area contributed by atoms with Crippen LogP contribution in [0.5, 0.6) is 0 Å². The number of nitrogens with zero attached hydrogens (tertiary/aromatic N) is 1. The molecule has 1 rings (SSSR count). The fraction of sp³-hybridized carbons (Fsp3) is 0.615. The Kier molecular flexibility index (Phi) is 7.00. The number of pyridine rings is 1. The summed E-state index contributed by atoms with van der Waals surface area (Å²) in [6.07, 6.45) is 4.62. The second kappa shape index (κ2) is 8.00. The van der Waals surface area contributed by atoms with Gasteiger partial charge >= 0.3 is 0 Å². The van der Waals surface area contributed by atoms with E-state index in [4.69, 9.17) is 11.6 Å². The SMILES string of the molecule is CCC(CO)(CCCSc1ccc(Cl)cn1)NC. The highest BCUT2D eigenvalue weighted by Gasteiger charge is 2.23. The van der Waals surface area contributed by atoms with Gasteiger partial charge in [-0.05, 0) is 44.2 Å². The lowest BCUT2D eigenvalue weighted by atomic mass is 9.92. The third kappa shape index (κ3) is 4.76. The van der Waals surface area contributed by atoms with E-state index < -0.39 is 0 Å². The van der Waals surface area contributed by atoms with E-state index in [2.05, 4.69) is 17.2 Å². The van der Waals surface area contributed by atoms with E-state index in [-0.39, 0.29) is 12.1 Å². The van der Waals surface area contributed by atoms with Crippen LogP contribution >= 0.6 is 23.4 Å². The third-order valence-corrected chi connectivity index (χ3v) is 4.51. The summed E-state index contributed by atoms with van der Waals surface area (Å²) in [5.41, 5.74) is -0.131. The zero-order valence-electron chi connectivity index (χ0n) is 10.9. The average molecular weight is 289 g/mol. The fourth-order valence-electron chi connectivity index (χ4n) is 1.78. The molecular formula is C13H21ClN2OS. The summed E-state index contributed by atoms with van der Waals surface area (Å²) in [5, 5.41) is 14.3. The maximum atomic E-state index is 9.43. The van der Waals surface area contributed by atoms with Gasteiger partial charge in [-0.15, -0.1) is 11.8 Å². The number of aliphatic hydroxyl groups is 1. The van der Waals surface area contributed by atoms with Crippen LogP contribution in [0.3, 0.4) is 0 Å². The Balaban J connectivity index is 2.31. The second-order valence-electron chi connectivity index (χ2n) is 4.31. The van der Waals surface area contributed by atoms with Crippen LogP contribution in [-0.2, 0) is 0 Å². The smallest absolute Gasteiger partial charge is 0.0960 e. The molecule has 0 aliphatic carbocycles. The van der Waals surface area contributed by atoms with Gasteiger partial charge < -0.3 is 10.4 Å². The highest BCUT2D eigenvalue weighted by Crippen LogP contribution is 2.22. The van der Waals surface area contributed by atoms with Crippen molar-refractivity contribution in [3.8, 4) is 0 Å². The number of nitrogens with one attached hydrogen (secondary N) is 1. The summed E-state index contributed by atoms with van der Waals surface area (Å²) in [5.74, 6) is 0.998. The number of likely N-dealkylation sites (N-methyl/N-ethyl adjacent to an activating group) is 1. The molecule has 3 nitrogen and oxygen atoms in total. The minimum Gasteiger partial charge on any atom is -0.394 e. The predicted octanol–water partition coefficient (Wildman–Crippen LogP) is 2.97. The van der Waals surface area contributed by atoms with Crippen molar-refractivity contribution in [2.75, 3.05) is 19.4 Å². The lowest BCUT2D eigenvalue weighted by molar-refractivity contribution is 0.154. The first-order valence-corrected chi connectivity index (χ1v) is 7.56.